The average Bonchev–Trinajstić information content (AvgIpc) is 3.42. The number of carbonyl (C=O) groups is 2. The van der Waals surface area contributed by atoms with Gasteiger partial charge in [0.05, 0.1) is 25.2 Å². The molecule has 1 saturated heterocycles. The van der Waals surface area contributed by atoms with Gasteiger partial charge in [-0.25, -0.2) is 0 Å². The first-order valence-corrected chi connectivity index (χ1v) is 9.77. The van der Waals surface area contributed by atoms with Crippen molar-refractivity contribution in [1.29, 1.82) is 0 Å². The van der Waals surface area contributed by atoms with Gasteiger partial charge in [0, 0.05) is 19.7 Å². The van der Waals surface area contributed by atoms with Crippen molar-refractivity contribution in [3.8, 4) is 0 Å². The second-order valence-corrected chi connectivity index (χ2v) is 7.55. The Labute approximate surface area is 165 Å². The Kier molecular flexibility index (Phi) is 6.92. The molecule has 0 aromatic carbocycles. The molecule has 28 heavy (non-hydrogen) atoms. The number of amides is 2. The van der Waals surface area contributed by atoms with E-state index in [1.54, 1.807) is 34.3 Å². The van der Waals surface area contributed by atoms with E-state index in [1.165, 1.54) is 6.26 Å². The molecule has 1 atom stereocenters. The zero-order valence-corrected chi connectivity index (χ0v) is 16.5. The van der Waals surface area contributed by atoms with Crippen molar-refractivity contribution in [2.45, 2.75) is 39.3 Å². The molecule has 0 unspecified atom stereocenters. The van der Waals surface area contributed by atoms with E-state index in [0.29, 0.717) is 25.4 Å². The zero-order valence-electron chi connectivity index (χ0n) is 16.5. The van der Waals surface area contributed by atoms with E-state index >= 15 is 0 Å². The molecule has 2 amide bonds. The molecule has 7 nitrogen and oxygen atoms in total. The lowest BCUT2D eigenvalue weighted by molar-refractivity contribution is -0.134. The summed E-state index contributed by atoms with van der Waals surface area (Å²) in [5.74, 6) is 0.766. The van der Waals surface area contributed by atoms with Gasteiger partial charge in [-0.15, -0.1) is 0 Å². The average molecular weight is 388 g/mol. The molecule has 0 aliphatic carbocycles. The molecule has 0 spiro atoms. The quantitative estimate of drug-likeness (QED) is 0.659. The summed E-state index contributed by atoms with van der Waals surface area (Å²) in [6, 6.07) is 6.93. The minimum absolute atomic E-state index is 0.00879. The molecule has 1 aliphatic heterocycles. The molecule has 7 heteroatoms. The van der Waals surface area contributed by atoms with Crippen LogP contribution in [0.2, 0.25) is 0 Å². The van der Waals surface area contributed by atoms with E-state index in [9.17, 15) is 9.59 Å². The minimum Gasteiger partial charge on any atom is -0.467 e. The lowest BCUT2D eigenvalue weighted by Crippen LogP contribution is -2.46. The van der Waals surface area contributed by atoms with Gasteiger partial charge in [0.2, 0.25) is 5.91 Å². The number of furan rings is 2. The molecule has 0 N–H and O–H groups in total. The van der Waals surface area contributed by atoms with Crippen molar-refractivity contribution in [2.24, 2.45) is 5.92 Å². The van der Waals surface area contributed by atoms with Gasteiger partial charge in [0.1, 0.15) is 12.3 Å². The molecule has 0 radical (unpaired) electrons. The van der Waals surface area contributed by atoms with Gasteiger partial charge < -0.3 is 23.4 Å². The number of carbonyl (C=O) groups excluding carboxylic acids is 2. The molecule has 0 bridgehead atoms. The summed E-state index contributed by atoms with van der Waals surface area (Å²) in [7, 11) is 0. The van der Waals surface area contributed by atoms with Crippen LogP contribution in [-0.2, 0) is 16.1 Å². The van der Waals surface area contributed by atoms with Crippen LogP contribution < -0.4 is 0 Å². The van der Waals surface area contributed by atoms with Crippen molar-refractivity contribution in [3.05, 3.63) is 48.3 Å². The first kappa shape index (κ1) is 20.2. The molecule has 152 valence electrons. The predicted molar refractivity (Wildman–Crippen MR) is 103 cm³/mol. The van der Waals surface area contributed by atoms with Gasteiger partial charge >= 0.3 is 0 Å². The second-order valence-electron chi connectivity index (χ2n) is 7.55. The number of hydrogen-bond donors (Lipinski definition) is 0. The first-order valence-electron chi connectivity index (χ1n) is 9.77. The largest absolute Gasteiger partial charge is 0.467 e. The third kappa shape index (κ3) is 5.48. The van der Waals surface area contributed by atoms with E-state index in [2.05, 4.69) is 0 Å². The Morgan fingerprint density at radius 2 is 1.93 bits per heavy atom. The Bertz CT molecular complexity index is 733. The molecule has 1 fully saturated rings. The van der Waals surface area contributed by atoms with Crippen LogP contribution in [-0.4, -0.2) is 54.0 Å². The van der Waals surface area contributed by atoms with Crippen LogP contribution in [0, 0.1) is 5.92 Å². The maximum absolute atomic E-state index is 13.1. The van der Waals surface area contributed by atoms with Crippen molar-refractivity contribution >= 4 is 11.8 Å². The van der Waals surface area contributed by atoms with Crippen LogP contribution >= 0.6 is 0 Å². The lowest BCUT2D eigenvalue weighted by atomic mass is 10.2. The molecular weight excluding hydrogens is 360 g/mol. The number of hydrogen-bond acceptors (Lipinski definition) is 5. The normalized spacial score (nSPS) is 16.5. The van der Waals surface area contributed by atoms with E-state index in [1.807, 2.05) is 19.9 Å². The molecule has 2 aromatic rings. The molecule has 3 heterocycles. The lowest BCUT2D eigenvalue weighted by Gasteiger charge is -2.29. The number of nitrogens with zero attached hydrogens (tertiary/aromatic N) is 2. The minimum atomic E-state index is -0.276. The standard InChI is InChI=1S/C21H28N2O5/c1-16(2)12-23(21(25)19-8-5-11-28-19)15-20(24)22(13-17-6-3-9-26-17)14-18-7-4-10-27-18/h3,5-6,8-9,11,16,18H,4,7,10,12-15H2,1-2H3/t18-/m0/s1. The van der Waals surface area contributed by atoms with Gasteiger partial charge in [-0.3, -0.25) is 9.59 Å². The topological polar surface area (TPSA) is 76.1 Å². The van der Waals surface area contributed by atoms with Crippen LogP contribution in [0.1, 0.15) is 43.0 Å². The van der Waals surface area contributed by atoms with Crippen LogP contribution in [0.5, 0.6) is 0 Å². The van der Waals surface area contributed by atoms with Crippen LogP contribution in [0.4, 0.5) is 0 Å². The van der Waals surface area contributed by atoms with Gasteiger partial charge in [-0.1, -0.05) is 13.8 Å². The third-order valence-electron chi connectivity index (χ3n) is 4.66. The van der Waals surface area contributed by atoms with E-state index in [-0.39, 0.29) is 36.1 Å². The maximum Gasteiger partial charge on any atom is 0.290 e. The molecule has 1 aliphatic rings. The van der Waals surface area contributed by atoms with Crippen LogP contribution in [0.25, 0.3) is 0 Å². The third-order valence-corrected chi connectivity index (χ3v) is 4.66. The Morgan fingerprint density at radius 3 is 2.54 bits per heavy atom. The Morgan fingerprint density at radius 1 is 1.14 bits per heavy atom. The molecule has 3 rings (SSSR count). The highest BCUT2D eigenvalue weighted by atomic mass is 16.5. The summed E-state index contributed by atoms with van der Waals surface area (Å²) in [6.45, 7) is 6.06. The van der Waals surface area contributed by atoms with Crippen molar-refractivity contribution in [1.82, 2.24) is 9.80 Å². The Balaban J connectivity index is 1.71. The van der Waals surface area contributed by atoms with Crippen molar-refractivity contribution in [3.63, 3.8) is 0 Å². The van der Waals surface area contributed by atoms with Crippen molar-refractivity contribution < 1.29 is 23.2 Å². The monoisotopic (exact) mass is 388 g/mol. The van der Waals surface area contributed by atoms with Gasteiger partial charge in [0.25, 0.3) is 5.91 Å². The van der Waals surface area contributed by atoms with Crippen LogP contribution in [0.3, 0.4) is 0 Å². The highest BCUT2D eigenvalue weighted by molar-refractivity contribution is 5.94. The summed E-state index contributed by atoms with van der Waals surface area (Å²) < 4.78 is 16.4. The fourth-order valence-electron chi connectivity index (χ4n) is 3.36. The van der Waals surface area contributed by atoms with E-state index < -0.39 is 0 Å². The molecule has 2 aromatic heterocycles. The summed E-state index contributed by atoms with van der Waals surface area (Å²) >= 11 is 0. The van der Waals surface area contributed by atoms with Crippen molar-refractivity contribution in [2.75, 3.05) is 26.2 Å². The van der Waals surface area contributed by atoms with Gasteiger partial charge in [-0.05, 0) is 43.0 Å². The molecular formula is C21H28N2O5. The second kappa shape index (κ2) is 9.59. The maximum atomic E-state index is 13.1. The van der Waals surface area contributed by atoms with E-state index in [4.69, 9.17) is 13.6 Å². The first-order chi connectivity index (χ1) is 13.5. The summed E-state index contributed by atoms with van der Waals surface area (Å²) in [5.41, 5.74) is 0. The number of ether oxygens (including phenoxy) is 1. The number of rotatable bonds is 9. The summed E-state index contributed by atoms with van der Waals surface area (Å²) in [4.78, 5) is 29.2. The smallest absolute Gasteiger partial charge is 0.290 e. The highest BCUT2D eigenvalue weighted by Gasteiger charge is 2.27. The fraction of sp³-hybridized carbons (Fsp3) is 0.524. The fourth-order valence-corrected chi connectivity index (χ4v) is 3.36. The predicted octanol–water partition coefficient (Wildman–Crippen LogP) is 3.18. The van der Waals surface area contributed by atoms with E-state index in [0.717, 1.165) is 19.4 Å². The summed E-state index contributed by atoms with van der Waals surface area (Å²) in [5, 5.41) is 0. The SMILES string of the molecule is CC(C)CN(CC(=O)N(Cc1ccco1)C[C@@H]1CCCO1)C(=O)c1ccco1. The summed E-state index contributed by atoms with van der Waals surface area (Å²) in [6.07, 6.45) is 5.02. The zero-order chi connectivity index (χ0) is 19.9. The molecule has 0 saturated carbocycles. The highest BCUT2D eigenvalue weighted by Crippen LogP contribution is 2.17. The van der Waals surface area contributed by atoms with Crippen LogP contribution in [0.15, 0.2) is 45.6 Å². The van der Waals surface area contributed by atoms with Gasteiger partial charge in [0.15, 0.2) is 5.76 Å². The Hall–Kier alpha value is -2.54. The van der Waals surface area contributed by atoms with Gasteiger partial charge in [-0.2, -0.15) is 0 Å².